The number of halogens is 1. The molecule has 1 fully saturated rings. The summed E-state index contributed by atoms with van der Waals surface area (Å²) in [5.74, 6) is -0.524. The highest BCUT2D eigenvalue weighted by Crippen LogP contribution is 2.41. The molecule has 4 heterocycles. The van der Waals surface area contributed by atoms with Crippen molar-refractivity contribution in [2.45, 2.75) is 44.4 Å². The molecule has 11 heteroatoms. The number of carbonyl (C=O) groups is 3. The molecule has 1 aromatic carbocycles. The number of fused-ring (bicyclic) bond motifs is 2. The number of primary amides is 1. The SMILES string of the molecule is CC1(OC(=O)c2cc(Cl)cc3c2OCC3)CCCCN2C(=O)C=C(c3ccncn3)N(C(N)=O)C21. The molecule has 5 rings (SSSR count). The molecular formula is C24H24ClN5O5. The Bertz CT molecular complexity index is 1240. The molecule has 0 saturated carbocycles. The van der Waals surface area contributed by atoms with Gasteiger partial charge in [0.05, 0.1) is 18.0 Å². The normalized spacial score (nSPS) is 23.5. The maximum Gasteiger partial charge on any atom is 0.342 e. The fourth-order valence-corrected chi connectivity index (χ4v) is 5.29. The molecule has 2 aromatic rings. The summed E-state index contributed by atoms with van der Waals surface area (Å²) in [6, 6.07) is 4.06. The van der Waals surface area contributed by atoms with E-state index in [2.05, 4.69) is 9.97 Å². The summed E-state index contributed by atoms with van der Waals surface area (Å²) in [5, 5.41) is 0.398. The van der Waals surface area contributed by atoms with E-state index in [1.165, 1.54) is 34.5 Å². The number of urea groups is 1. The lowest BCUT2D eigenvalue weighted by Crippen LogP contribution is -2.65. The Morgan fingerprint density at radius 1 is 1.31 bits per heavy atom. The molecule has 10 nitrogen and oxygen atoms in total. The van der Waals surface area contributed by atoms with Crippen molar-refractivity contribution in [3.8, 4) is 5.75 Å². The van der Waals surface area contributed by atoms with Crippen LogP contribution in [0.3, 0.4) is 0 Å². The maximum atomic E-state index is 13.5. The van der Waals surface area contributed by atoms with E-state index in [9.17, 15) is 14.4 Å². The first kappa shape index (κ1) is 23.1. The number of hydrogen-bond donors (Lipinski definition) is 1. The second-order valence-electron chi connectivity index (χ2n) is 8.94. The van der Waals surface area contributed by atoms with E-state index in [1.54, 1.807) is 19.1 Å². The van der Waals surface area contributed by atoms with Gasteiger partial charge in [-0.1, -0.05) is 11.6 Å². The third kappa shape index (κ3) is 4.07. The molecule has 182 valence electrons. The summed E-state index contributed by atoms with van der Waals surface area (Å²) in [4.78, 5) is 50.4. The smallest absolute Gasteiger partial charge is 0.342 e. The minimum Gasteiger partial charge on any atom is -0.492 e. The lowest BCUT2D eigenvalue weighted by Gasteiger charge is -2.48. The first-order valence-corrected chi connectivity index (χ1v) is 11.7. The Morgan fingerprint density at radius 2 is 2.14 bits per heavy atom. The molecule has 2 N–H and O–H groups in total. The van der Waals surface area contributed by atoms with E-state index in [4.69, 9.17) is 26.8 Å². The Balaban J connectivity index is 1.57. The first-order chi connectivity index (χ1) is 16.8. The maximum absolute atomic E-state index is 13.5. The van der Waals surface area contributed by atoms with Gasteiger partial charge in [0.1, 0.15) is 23.2 Å². The minimum absolute atomic E-state index is 0.210. The summed E-state index contributed by atoms with van der Waals surface area (Å²) >= 11 is 6.25. The van der Waals surface area contributed by atoms with Crippen LogP contribution in [0.5, 0.6) is 5.75 Å². The number of amides is 3. The number of rotatable bonds is 3. The molecule has 1 aromatic heterocycles. The fraction of sp³-hybridized carbons (Fsp3) is 0.375. The average molecular weight is 498 g/mol. The van der Waals surface area contributed by atoms with Gasteiger partial charge in [-0.15, -0.1) is 0 Å². The van der Waals surface area contributed by atoms with Crippen LogP contribution in [-0.2, 0) is 16.0 Å². The molecular weight excluding hydrogens is 474 g/mol. The van der Waals surface area contributed by atoms with Gasteiger partial charge in [-0.3, -0.25) is 9.69 Å². The third-order valence-electron chi connectivity index (χ3n) is 6.59. The topological polar surface area (TPSA) is 128 Å². The molecule has 0 aliphatic carbocycles. The van der Waals surface area contributed by atoms with Gasteiger partial charge in [0.25, 0.3) is 5.91 Å². The molecule has 0 spiro atoms. The Morgan fingerprint density at radius 3 is 2.89 bits per heavy atom. The van der Waals surface area contributed by atoms with Crippen LogP contribution in [0.1, 0.15) is 47.8 Å². The molecule has 35 heavy (non-hydrogen) atoms. The van der Waals surface area contributed by atoms with Crippen LogP contribution >= 0.6 is 11.6 Å². The lowest BCUT2D eigenvalue weighted by molar-refractivity contribution is -0.143. The van der Waals surface area contributed by atoms with Crippen molar-refractivity contribution in [3.05, 3.63) is 58.6 Å². The standard InChI is InChI=1S/C24H24ClN5O5/c1-24(35-21(32)16-11-15(25)10-14-5-9-34-20(14)16)6-2-3-8-29-19(31)12-18(17-4-7-27-13-28-17)30(22(24)29)23(26)33/h4,7,10-13,22H,2-3,5-6,8-9H2,1H3,(H2,26,33). The number of hydrogen-bond acceptors (Lipinski definition) is 7. The largest absolute Gasteiger partial charge is 0.492 e. The highest BCUT2D eigenvalue weighted by Gasteiger charge is 2.52. The van der Waals surface area contributed by atoms with Gasteiger partial charge in [0.2, 0.25) is 0 Å². The molecule has 2 atom stereocenters. The molecule has 2 unspecified atom stereocenters. The number of aromatic nitrogens is 2. The zero-order valence-corrected chi connectivity index (χ0v) is 19.8. The van der Waals surface area contributed by atoms with Gasteiger partial charge in [-0.25, -0.2) is 19.6 Å². The van der Waals surface area contributed by atoms with Gasteiger partial charge in [-0.05, 0) is 49.9 Å². The zero-order chi connectivity index (χ0) is 24.7. The van der Waals surface area contributed by atoms with E-state index in [-0.39, 0.29) is 17.2 Å². The molecule has 3 amide bonds. The van der Waals surface area contributed by atoms with Crippen LogP contribution < -0.4 is 10.5 Å². The predicted molar refractivity (Wildman–Crippen MR) is 125 cm³/mol. The van der Waals surface area contributed by atoms with Crippen molar-refractivity contribution in [1.82, 2.24) is 19.8 Å². The molecule has 3 aliphatic heterocycles. The van der Waals surface area contributed by atoms with E-state index in [0.29, 0.717) is 55.3 Å². The van der Waals surface area contributed by atoms with Crippen molar-refractivity contribution >= 4 is 35.2 Å². The van der Waals surface area contributed by atoms with Crippen molar-refractivity contribution in [3.63, 3.8) is 0 Å². The van der Waals surface area contributed by atoms with Crippen LogP contribution in [0.2, 0.25) is 5.02 Å². The highest BCUT2D eigenvalue weighted by atomic mass is 35.5. The summed E-state index contributed by atoms with van der Waals surface area (Å²) in [7, 11) is 0. The van der Waals surface area contributed by atoms with Gasteiger partial charge < -0.3 is 20.1 Å². The van der Waals surface area contributed by atoms with Gasteiger partial charge in [0.15, 0.2) is 6.17 Å². The summed E-state index contributed by atoms with van der Waals surface area (Å²) in [6.07, 6.45) is 5.57. The quantitative estimate of drug-likeness (QED) is 0.645. The average Bonchev–Trinajstić information content (AvgIpc) is 3.23. The first-order valence-electron chi connectivity index (χ1n) is 11.3. The number of ether oxygens (including phenoxy) is 2. The van der Waals surface area contributed by atoms with Gasteiger partial charge in [0, 0.05) is 30.3 Å². The molecule has 0 radical (unpaired) electrons. The van der Waals surface area contributed by atoms with Crippen LogP contribution in [-0.4, -0.2) is 62.6 Å². The van der Waals surface area contributed by atoms with Gasteiger partial charge >= 0.3 is 12.0 Å². The lowest BCUT2D eigenvalue weighted by atomic mass is 9.92. The zero-order valence-electron chi connectivity index (χ0n) is 19.1. The summed E-state index contributed by atoms with van der Waals surface area (Å²) < 4.78 is 11.8. The van der Waals surface area contributed by atoms with Crippen molar-refractivity contribution in [2.75, 3.05) is 13.2 Å². The Labute approximate surface area is 206 Å². The molecule has 1 saturated heterocycles. The predicted octanol–water partition coefficient (Wildman–Crippen LogP) is 2.75. The van der Waals surface area contributed by atoms with E-state index in [0.717, 1.165) is 5.56 Å². The van der Waals surface area contributed by atoms with Crippen LogP contribution in [0.25, 0.3) is 5.70 Å². The van der Waals surface area contributed by atoms with E-state index < -0.39 is 23.8 Å². The van der Waals surface area contributed by atoms with Crippen LogP contribution in [0, 0.1) is 0 Å². The van der Waals surface area contributed by atoms with E-state index in [1.807, 2.05) is 0 Å². The van der Waals surface area contributed by atoms with Crippen LogP contribution in [0.4, 0.5) is 4.79 Å². The minimum atomic E-state index is -1.28. The monoisotopic (exact) mass is 497 g/mol. The number of carbonyl (C=O) groups excluding carboxylic acids is 3. The van der Waals surface area contributed by atoms with Crippen molar-refractivity contribution in [2.24, 2.45) is 5.73 Å². The number of nitrogens with two attached hydrogens (primary N) is 1. The molecule has 3 aliphatic rings. The Hall–Kier alpha value is -3.66. The highest BCUT2D eigenvalue weighted by molar-refractivity contribution is 6.31. The summed E-state index contributed by atoms with van der Waals surface area (Å²) in [5.41, 5.74) is 6.18. The summed E-state index contributed by atoms with van der Waals surface area (Å²) in [6.45, 7) is 2.54. The third-order valence-corrected chi connectivity index (χ3v) is 6.81. The van der Waals surface area contributed by atoms with Gasteiger partial charge in [-0.2, -0.15) is 0 Å². The second-order valence-corrected chi connectivity index (χ2v) is 9.37. The van der Waals surface area contributed by atoms with Crippen molar-refractivity contribution in [1.29, 1.82) is 0 Å². The number of esters is 1. The second kappa shape index (κ2) is 8.84. The van der Waals surface area contributed by atoms with E-state index >= 15 is 0 Å². The number of benzene rings is 1. The van der Waals surface area contributed by atoms with Crippen molar-refractivity contribution < 1.29 is 23.9 Å². The van der Waals surface area contributed by atoms with Crippen LogP contribution in [0.15, 0.2) is 36.8 Å². The Kier molecular flexibility index (Phi) is 5.84. The fourth-order valence-electron chi connectivity index (χ4n) is 5.05. The molecule has 0 bridgehead atoms. The number of nitrogens with zero attached hydrogens (tertiary/aromatic N) is 4.